The van der Waals surface area contributed by atoms with E-state index in [1.807, 2.05) is 18.2 Å². The number of furan rings is 1. The number of imidazole rings is 1. The number of fused-ring (bicyclic) bond motifs is 1. The summed E-state index contributed by atoms with van der Waals surface area (Å²) in [5.74, 6) is 2.03. The van der Waals surface area contributed by atoms with Crippen LogP contribution in [0, 0.1) is 0 Å². The number of aryl methyl sites for hydroxylation is 1. The number of para-hydroxylation sites is 2. The van der Waals surface area contributed by atoms with Crippen LogP contribution in [-0.2, 0) is 19.6 Å². The second-order valence-corrected chi connectivity index (χ2v) is 4.85. The van der Waals surface area contributed by atoms with E-state index in [4.69, 9.17) is 9.40 Å². The molecule has 4 nitrogen and oxygen atoms in total. The summed E-state index contributed by atoms with van der Waals surface area (Å²) in [6, 6.07) is 12.2. The van der Waals surface area contributed by atoms with E-state index >= 15 is 0 Å². The normalized spacial score (nSPS) is 11.2. The van der Waals surface area contributed by atoms with Gasteiger partial charge in [0.1, 0.15) is 11.6 Å². The van der Waals surface area contributed by atoms with Gasteiger partial charge in [-0.1, -0.05) is 19.1 Å². The maximum atomic E-state index is 5.32. The Morgan fingerprint density at radius 2 is 2.05 bits per heavy atom. The minimum Gasteiger partial charge on any atom is -0.468 e. The van der Waals surface area contributed by atoms with Gasteiger partial charge in [0, 0.05) is 6.54 Å². The highest BCUT2D eigenvalue weighted by Gasteiger charge is 2.09. The molecule has 0 unspecified atom stereocenters. The molecule has 0 spiro atoms. The van der Waals surface area contributed by atoms with E-state index in [0.29, 0.717) is 0 Å². The van der Waals surface area contributed by atoms with Crippen LogP contribution in [-0.4, -0.2) is 9.55 Å². The number of nitrogens with zero attached hydrogens (tertiary/aromatic N) is 2. The van der Waals surface area contributed by atoms with Crippen molar-refractivity contribution >= 4 is 11.0 Å². The van der Waals surface area contributed by atoms with Gasteiger partial charge in [-0.3, -0.25) is 0 Å². The van der Waals surface area contributed by atoms with Gasteiger partial charge in [-0.2, -0.15) is 0 Å². The lowest BCUT2D eigenvalue weighted by molar-refractivity contribution is 0.477. The molecule has 2 heterocycles. The predicted octanol–water partition coefficient (Wildman–Crippen LogP) is 3.33. The zero-order chi connectivity index (χ0) is 13.8. The van der Waals surface area contributed by atoms with Gasteiger partial charge in [-0.25, -0.2) is 4.98 Å². The lowest BCUT2D eigenvalue weighted by Crippen LogP contribution is -2.16. The van der Waals surface area contributed by atoms with Crippen molar-refractivity contribution in [3.8, 4) is 0 Å². The van der Waals surface area contributed by atoms with Crippen molar-refractivity contribution in [2.45, 2.75) is 33.0 Å². The molecule has 0 radical (unpaired) electrons. The van der Waals surface area contributed by atoms with Gasteiger partial charge < -0.3 is 14.3 Å². The molecule has 0 atom stereocenters. The first-order chi connectivity index (χ1) is 9.88. The number of benzene rings is 1. The van der Waals surface area contributed by atoms with Gasteiger partial charge in [-0.05, 0) is 30.7 Å². The molecule has 0 bridgehead atoms. The van der Waals surface area contributed by atoms with Crippen LogP contribution in [0.4, 0.5) is 0 Å². The number of aromatic nitrogens is 2. The summed E-state index contributed by atoms with van der Waals surface area (Å²) in [6.07, 6.45) is 2.80. The fraction of sp³-hybridized carbons (Fsp3) is 0.312. The van der Waals surface area contributed by atoms with E-state index < -0.39 is 0 Å². The quantitative estimate of drug-likeness (QED) is 0.746. The third-order valence-corrected chi connectivity index (χ3v) is 3.34. The van der Waals surface area contributed by atoms with Crippen LogP contribution in [0.1, 0.15) is 24.9 Å². The molecular weight excluding hydrogens is 250 g/mol. The first-order valence-electron chi connectivity index (χ1n) is 7.05. The summed E-state index contributed by atoms with van der Waals surface area (Å²) < 4.78 is 7.61. The SMILES string of the molecule is CCCn1c(CNCc2ccco2)nc2ccccc21. The molecule has 4 heteroatoms. The predicted molar refractivity (Wildman–Crippen MR) is 79.3 cm³/mol. The molecule has 3 rings (SSSR count). The summed E-state index contributed by atoms with van der Waals surface area (Å²) in [4.78, 5) is 4.72. The van der Waals surface area contributed by atoms with Gasteiger partial charge in [-0.15, -0.1) is 0 Å². The van der Waals surface area contributed by atoms with E-state index in [2.05, 4.69) is 35.0 Å². The zero-order valence-electron chi connectivity index (χ0n) is 11.7. The monoisotopic (exact) mass is 269 g/mol. The maximum absolute atomic E-state index is 5.32. The van der Waals surface area contributed by atoms with Gasteiger partial charge in [0.25, 0.3) is 0 Å². The Bertz CT molecular complexity index is 670. The van der Waals surface area contributed by atoms with Gasteiger partial charge in [0.05, 0.1) is 30.4 Å². The molecule has 0 saturated heterocycles. The lowest BCUT2D eigenvalue weighted by atomic mass is 10.3. The number of hydrogen-bond acceptors (Lipinski definition) is 3. The van der Waals surface area contributed by atoms with Gasteiger partial charge >= 0.3 is 0 Å². The zero-order valence-corrected chi connectivity index (χ0v) is 11.7. The van der Waals surface area contributed by atoms with Crippen LogP contribution in [0.15, 0.2) is 47.1 Å². The molecule has 1 N–H and O–H groups in total. The summed E-state index contributed by atoms with van der Waals surface area (Å²) >= 11 is 0. The lowest BCUT2D eigenvalue weighted by Gasteiger charge is -2.08. The van der Waals surface area contributed by atoms with Gasteiger partial charge in [0.15, 0.2) is 0 Å². The van der Waals surface area contributed by atoms with Crippen LogP contribution in [0.3, 0.4) is 0 Å². The second-order valence-electron chi connectivity index (χ2n) is 4.85. The summed E-state index contributed by atoms with van der Waals surface area (Å²) in [5, 5.41) is 3.39. The van der Waals surface area contributed by atoms with Crippen molar-refractivity contribution in [3.05, 3.63) is 54.2 Å². The summed E-state index contributed by atoms with van der Waals surface area (Å²) in [5.41, 5.74) is 2.28. The van der Waals surface area contributed by atoms with Crippen molar-refractivity contribution in [1.82, 2.24) is 14.9 Å². The Balaban J connectivity index is 1.77. The molecule has 2 aromatic heterocycles. The third kappa shape index (κ3) is 2.60. The third-order valence-electron chi connectivity index (χ3n) is 3.34. The van der Waals surface area contributed by atoms with E-state index in [1.54, 1.807) is 6.26 Å². The van der Waals surface area contributed by atoms with Crippen LogP contribution in [0.25, 0.3) is 11.0 Å². The van der Waals surface area contributed by atoms with E-state index in [0.717, 1.165) is 43.2 Å². The summed E-state index contributed by atoms with van der Waals surface area (Å²) in [7, 11) is 0. The highest BCUT2D eigenvalue weighted by atomic mass is 16.3. The second kappa shape index (κ2) is 5.92. The number of rotatable bonds is 6. The van der Waals surface area contributed by atoms with Crippen LogP contribution in [0.5, 0.6) is 0 Å². The maximum Gasteiger partial charge on any atom is 0.123 e. The Morgan fingerprint density at radius 1 is 1.15 bits per heavy atom. The van der Waals surface area contributed by atoms with E-state index in [1.165, 1.54) is 5.52 Å². The average Bonchev–Trinajstić information content (AvgIpc) is 3.08. The molecule has 104 valence electrons. The Morgan fingerprint density at radius 3 is 2.85 bits per heavy atom. The molecule has 0 fully saturated rings. The van der Waals surface area contributed by atoms with Crippen molar-refractivity contribution in [1.29, 1.82) is 0 Å². The Kier molecular flexibility index (Phi) is 3.83. The first kappa shape index (κ1) is 12.9. The summed E-state index contributed by atoms with van der Waals surface area (Å²) in [6.45, 7) is 4.66. The van der Waals surface area contributed by atoms with Crippen molar-refractivity contribution in [2.24, 2.45) is 0 Å². The molecule has 0 amide bonds. The Hall–Kier alpha value is -2.07. The van der Waals surface area contributed by atoms with E-state index in [-0.39, 0.29) is 0 Å². The molecule has 1 aromatic carbocycles. The number of nitrogens with one attached hydrogen (secondary N) is 1. The van der Waals surface area contributed by atoms with Crippen LogP contribution in [0.2, 0.25) is 0 Å². The smallest absolute Gasteiger partial charge is 0.123 e. The van der Waals surface area contributed by atoms with Crippen molar-refractivity contribution < 1.29 is 4.42 Å². The molecule has 3 aromatic rings. The van der Waals surface area contributed by atoms with E-state index in [9.17, 15) is 0 Å². The van der Waals surface area contributed by atoms with Crippen LogP contribution >= 0.6 is 0 Å². The molecule has 0 aliphatic carbocycles. The Labute approximate surface area is 118 Å². The minimum absolute atomic E-state index is 0.725. The van der Waals surface area contributed by atoms with Gasteiger partial charge in [0.2, 0.25) is 0 Å². The molecule has 20 heavy (non-hydrogen) atoms. The molecule has 0 saturated carbocycles. The average molecular weight is 269 g/mol. The minimum atomic E-state index is 0.725. The van der Waals surface area contributed by atoms with Crippen molar-refractivity contribution in [3.63, 3.8) is 0 Å². The van der Waals surface area contributed by atoms with Crippen molar-refractivity contribution in [2.75, 3.05) is 0 Å². The fourth-order valence-electron chi connectivity index (χ4n) is 2.44. The fourth-order valence-corrected chi connectivity index (χ4v) is 2.44. The highest BCUT2D eigenvalue weighted by molar-refractivity contribution is 5.75. The molecular formula is C16H19N3O. The number of hydrogen-bond donors (Lipinski definition) is 1. The first-order valence-corrected chi connectivity index (χ1v) is 7.05. The molecule has 0 aliphatic heterocycles. The standard InChI is InChI=1S/C16H19N3O/c1-2-9-19-15-8-4-3-7-14(15)18-16(19)12-17-11-13-6-5-10-20-13/h3-8,10,17H,2,9,11-12H2,1H3. The van der Waals surface area contributed by atoms with Crippen LogP contribution < -0.4 is 5.32 Å². The topological polar surface area (TPSA) is 43.0 Å². The molecule has 0 aliphatic rings. The largest absolute Gasteiger partial charge is 0.468 e. The highest BCUT2D eigenvalue weighted by Crippen LogP contribution is 2.16.